The van der Waals surface area contributed by atoms with Crippen LogP contribution >= 0.6 is 0 Å². The minimum Gasteiger partial charge on any atom is -0.391 e. The fourth-order valence-corrected chi connectivity index (χ4v) is 1.59. The van der Waals surface area contributed by atoms with Crippen LogP contribution in [0.2, 0.25) is 0 Å². The van der Waals surface area contributed by atoms with Crippen LogP contribution in [-0.2, 0) is 9.59 Å². The third kappa shape index (κ3) is 3.87. The molecule has 5 heteroatoms. The number of hydrogen-bond acceptors (Lipinski definition) is 3. The Morgan fingerprint density at radius 3 is 3.00 bits per heavy atom. The summed E-state index contributed by atoms with van der Waals surface area (Å²) in [4.78, 5) is 22.3. The first kappa shape index (κ1) is 12.0. The molecule has 0 bridgehead atoms. The quantitative estimate of drug-likeness (QED) is 0.579. The molecule has 1 fully saturated rings. The Balaban J connectivity index is 2.21. The van der Waals surface area contributed by atoms with Crippen LogP contribution in [0.25, 0.3) is 0 Å². The Bertz CT molecular complexity index is 243. The fourth-order valence-electron chi connectivity index (χ4n) is 1.59. The number of nitrogens with one attached hydrogen (secondary N) is 2. The molecule has 1 unspecified atom stereocenters. The van der Waals surface area contributed by atoms with Gasteiger partial charge in [0.2, 0.25) is 11.8 Å². The zero-order valence-electron chi connectivity index (χ0n) is 8.95. The molecule has 0 spiro atoms. The number of amides is 2. The van der Waals surface area contributed by atoms with E-state index in [2.05, 4.69) is 10.6 Å². The van der Waals surface area contributed by atoms with E-state index in [4.69, 9.17) is 0 Å². The molecular formula is C10H18N2O3. The van der Waals surface area contributed by atoms with Gasteiger partial charge < -0.3 is 15.7 Å². The zero-order valence-corrected chi connectivity index (χ0v) is 8.95. The molecule has 0 radical (unpaired) electrons. The van der Waals surface area contributed by atoms with Gasteiger partial charge >= 0.3 is 0 Å². The number of hydrogen-bond donors (Lipinski definition) is 3. The molecule has 0 aromatic heterocycles. The number of carbonyl (C=O) groups is 2. The van der Waals surface area contributed by atoms with Crippen molar-refractivity contribution in [2.75, 3.05) is 6.54 Å². The summed E-state index contributed by atoms with van der Waals surface area (Å²) in [7, 11) is 0. The van der Waals surface area contributed by atoms with Crippen molar-refractivity contribution in [2.45, 2.75) is 44.8 Å². The van der Waals surface area contributed by atoms with Gasteiger partial charge in [0, 0.05) is 13.0 Å². The van der Waals surface area contributed by atoms with E-state index in [1.165, 1.54) is 0 Å². The van der Waals surface area contributed by atoms with E-state index in [0.717, 1.165) is 6.42 Å². The van der Waals surface area contributed by atoms with Gasteiger partial charge in [0.25, 0.3) is 0 Å². The van der Waals surface area contributed by atoms with Gasteiger partial charge in [0.1, 0.15) is 6.04 Å². The molecule has 5 nitrogen and oxygen atoms in total. The molecule has 0 saturated carbocycles. The molecule has 2 atom stereocenters. The van der Waals surface area contributed by atoms with Gasteiger partial charge in [-0.3, -0.25) is 9.59 Å². The molecule has 86 valence electrons. The first-order chi connectivity index (χ1) is 7.13. The average Bonchev–Trinajstić information content (AvgIpc) is 2.62. The Kier molecular flexibility index (Phi) is 4.55. The van der Waals surface area contributed by atoms with E-state index in [0.29, 0.717) is 19.3 Å². The van der Waals surface area contributed by atoms with Crippen LogP contribution in [-0.4, -0.2) is 35.6 Å². The fraction of sp³-hybridized carbons (Fsp3) is 0.800. The van der Waals surface area contributed by atoms with Crippen LogP contribution in [0.5, 0.6) is 0 Å². The molecule has 1 heterocycles. The highest BCUT2D eigenvalue weighted by Crippen LogP contribution is 2.06. The summed E-state index contributed by atoms with van der Waals surface area (Å²) in [5, 5.41) is 14.6. The molecule has 1 aliphatic rings. The monoisotopic (exact) mass is 214 g/mol. The third-order valence-corrected chi connectivity index (χ3v) is 2.45. The third-order valence-electron chi connectivity index (χ3n) is 2.45. The molecule has 1 saturated heterocycles. The van der Waals surface area contributed by atoms with E-state index >= 15 is 0 Å². The summed E-state index contributed by atoms with van der Waals surface area (Å²) in [6.45, 7) is 2.24. The van der Waals surface area contributed by atoms with Gasteiger partial charge in [0.15, 0.2) is 0 Å². The minimum absolute atomic E-state index is 0.0794. The van der Waals surface area contributed by atoms with Crippen molar-refractivity contribution in [3.63, 3.8) is 0 Å². The lowest BCUT2D eigenvalue weighted by Gasteiger charge is -2.13. The molecule has 1 rings (SSSR count). The van der Waals surface area contributed by atoms with Crippen molar-refractivity contribution in [1.82, 2.24) is 10.6 Å². The highest BCUT2D eigenvalue weighted by molar-refractivity contribution is 5.90. The molecule has 2 amide bonds. The predicted molar refractivity (Wildman–Crippen MR) is 55.1 cm³/mol. The minimum atomic E-state index is -0.490. The normalized spacial score (nSPS) is 22.3. The first-order valence-electron chi connectivity index (χ1n) is 5.38. The number of carbonyl (C=O) groups excluding carboxylic acids is 2. The second kappa shape index (κ2) is 5.70. The van der Waals surface area contributed by atoms with Crippen LogP contribution in [0.15, 0.2) is 0 Å². The van der Waals surface area contributed by atoms with E-state index in [9.17, 15) is 14.7 Å². The number of rotatable bonds is 5. The predicted octanol–water partition coefficient (Wildman–Crippen LogP) is -0.458. The van der Waals surface area contributed by atoms with Gasteiger partial charge in [0.05, 0.1) is 6.10 Å². The molecule has 0 aliphatic carbocycles. The van der Waals surface area contributed by atoms with Crippen molar-refractivity contribution in [2.24, 2.45) is 0 Å². The lowest BCUT2D eigenvalue weighted by molar-refractivity contribution is -0.126. The SMILES string of the molecule is CCCC(O)CNC(=O)[C@H]1CCC(=O)N1. The van der Waals surface area contributed by atoms with Crippen LogP contribution in [0.4, 0.5) is 0 Å². The van der Waals surface area contributed by atoms with E-state index in [-0.39, 0.29) is 18.4 Å². The summed E-state index contributed by atoms with van der Waals surface area (Å²) < 4.78 is 0. The van der Waals surface area contributed by atoms with Crippen molar-refractivity contribution < 1.29 is 14.7 Å². The molecule has 1 aliphatic heterocycles. The molecule has 0 aromatic carbocycles. The van der Waals surface area contributed by atoms with Crippen molar-refractivity contribution in [3.05, 3.63) is 0 Å². The lowest BCUT2D eigenvalue weighted by atomic mass is 10.2. The topological polar surface area (TPSA) is 78.4 Å². The maximum Gasteiger partial charge on any atom is 0.242 e. The molecule has 15 heavy (non-hydrogen) atoms. The number of aliphatic hydroxyl groups excluding tert-OH is 1. The second-order valence-electron chi connectivity index (χ2n) is 3.85. The molecule has 0 aromatic rings. The Labute approximate surface area is 89.2 Å². The Hall–Kier alpha value is -1.10. The first-order valence-corrected chi connectivity index (χ1v) is 5.38. The van der Waals surface area contributed by atoms with Crippen molar-refractivity contribution in [1.29, 1.82) is 0 Å². The van der Waals surface area contributed by atoms with Crippen LogP contribution in [0, 0.1) is 0 Å². The largest absolute Gasteiger partial charge is 0.391 e. The number of aliphatic hydroxyl groups is 1. The standard InChI is InChI=1S/C10H18N2O3/c1-2-3-7(13)6-11-10(15)8-4-5-9(14)12-8/h7-8,13H,2-6H2,1H3,(H,11,15)(H,12,14)/t7?,8-/m1/s1. The van der Waals surface area contributed by atoms with E-state index in [1.54, 1.807) is 0 Å². The lowest BCUT2D eigenvalue weighted by Crippen LogP contribution is -2.44. The van der Waals surface area contributed by atoms with Gasteiger partial charge in [-0.2, -0.15) is 0 Å². The summed E-state index contributed by atoms with van der Waals surface area (Å²) >= 11 is 0. The smallest absolute Gasteiger partial charge is 0.242 e. The highest BCUT2D eigenvalue weighted by atomic mass is 16.3. The van der Waals surface area contributed by atoms with Crippen LogP contribution in [0.3, 0.4) is 0 Å². The highest BCUT2D eigenvalue weighted by Gasteiger charge is 2.26. The zero-order chi connectivity index (χ0) is 11.3. The van der Waals surface area contributed by atoms with Gasteiger partial charge in [-0.25, -0.2) is 0 Å². The second-order valence-corrected chi connectivity index (χ2v) is 3.85. The van der Waals surface area contributed by atoms with Gasteiger partial charge in [-0.1, -0.05) is 13.3 Å². The Morgan fingerprint density at radius 2 is 2.47 bits per heavy atom. The maximum absolute atomic E-state index is 11.5. The summed E-state index contributed by atoms with van der Waals surface area (Å²) in [5.74, 6) is -0.278. The van der Waals surface area contributed by atoms with Crippen LogP contribution < -0.4 is 10.6 Å². The van der Waals surface area contributed by atoms with Crippen molar-refractivity contribution >= 4 is 11.8 Å². The maximum atomic E-state index is 11.5. The molecule has 3 N–H and O–H groups in total. The summed E-state index contributed by atoms with van der Waals surface area (Å²) in [6, 6.07) is -0.411. The summed E-state index contributed by atoms with van der Waals surface area (Å²) in [6.07, 6.45) is 2.04. The Morgan fingerprint density at radius 1 is 1.73 bits per heavy atom. The average molecular weight is 214 g/mol. The molecular weight excluding hydrogens is 196 g/mol. The summed E-state index contributed by atoms with van der Waals surface area (Å²) in [5.41, 5.74) is 0. The van der Waals surface area contributed by atoms with Gasteiger partial charge in [-0.15, -0.1) is 0 Å². The van der Waals surface area contributed by atoms with Gasteiger partial charge in [-0.05, 0) is 12.8 Å². The van der Waals surface area contributed by atoms with Crippen LogP contribution in [0.1, 0.15) is 32.6 Å². The van der Waals surface area contributed by atoms with E-state index in [1.807, 2.05) is 6.92 Å². The van der Waals surface area contributed by atoms with E-state index < -0.39 is 12.1 Å². The van der Waals surface area contributed by atoms with Crippen molar-refractivity contribution in [3.8, 4) is 0 Å².